The topological polar surface area (TPSA) is 37.4 Å². The molecule has 0 aromatic heterocycles. The van der Waals surface area contributed by atoms with Gasteiger partial charge >= 0.3 is 23.9 Å². The van der Waals surface area contributed by atoms with Crippen LogP contribution in [0.1, 0.15) is 12.8 Å². The van der Waals surface area contributed by atoms with Gasteiger partial charge in [-0.25, -0.2) is 0 Å². The van der Waals surface area contributed by atoms with Gasteiger partial charge in [-0.1, -0.05) is 0 Å². The van der Waals surface area contributed by atoms with Crippen molar-refractivity contribution in [2.75, 3.05) is 6.54 Å². The first-order chi connectivity index (χ1) is 8.84. The molecule has 3 nitrogen and oxygen atoms in total. The van der Waals surface area contributed by atoms with Gasteiger partial charge in [0.2, 0.25) is 5.24 Å². The zero-order valence-electron chi connectivity index (χ0n) is 9.49. The van der Waals surface area contributed by atoms with E-state index in [-0.39, 0.29) is 17.7 Å². The summed E-state index contributed by atoms with van der Waals surface area (Å²) in [5, 5.41) is -1.28. The predicted octanol–water partition coefficient (Wildman–Crippen LogP) is 2.58. The Balaban J connectivity index is 3.09. The summed E-state index contributed by atoms with van der Waals surface area (Å²) in [6.45, 7) is -0.550. The Kier molecular flexibility index (Phi) is 4.29. The number of likely N-dealkylation sites (tertiary alicyclic amines) is 1. The van der Waals surface area contributed by atoms with Crippen LogP contribution >= 0.6 is 11.6 Å². The molecule has 1 aliphatic heterocycles. The molecule has 1 aliphatic rings. The lowest BCUT2D eigenvalue weighted by Gasteiger charge is -2.31. The Morgan fingerprint density at radius 3 is 1.95 bits per heavy atom. The molecule has 1 atom stereocenters. The maximum absolute atomic E-state index is 13.2. The Bertz CT molecular complexity index is 423. The van der Waals surface area contributed by atoms with Crippen LogP contribution in [0, 0.1) is 0 Å². The number of alkyl halides is 7. The SMILES string of the molecule is O=C(Cl)C1CCCN1C(=O)C(F)(F)C(F)(F)C(F)(F)F. The standard InChI is InChI=1S/C9H7ClF7NO2/c10-5(19)4-2-1-3-18(4)6(20)7(11,12)8(13,14)9(15,16)17/h4H,1-3H2. The Morgan fingerprint density at radius 2 is 1.55 bits per heavy atom. The van der Waals surface area contributed by atoms with Gasteiger partial charge in [0.1, 0.15) is 6.04 Å². The van der Waals surface area contributed by atoms with Gasteiger partial charge in [0, 0.05) is 6.54 Å². The number of hydrogen-bond acceptors (Lipinski definition) is 2. The first-order valence-corrected chi connectivity index (χ1v) is 5.54. The van der Waals surface area contributed by atoms with E-state index in [2.05, 4.69) is 0 Å². The van der Waals surface area contributed by atoms with E-state index in [1.54, 1.807) is 0 Å². The smallest absolute Gasteiger partial charge is 0.326 e. The molecule has 0 bridgehead atoms. The molecular weight excluding hydrogens is 323 g/mol. The zero-order valence-corrected chi connectivity index (χ0v) is 10.2. The second-order valence-electron chi connectivity index (χ2n) is 4.11. The van der Waals surface area contributed by atoms with Crippen LogP contribution in [0.4, 0.5) is 30.7 Å². The predicted molar refractivity (Wildman–Crippen MR) is 51.5 cm³/mol. The van der Waals surface area contributed by atoms with Gasteiger partial charge in [0.25, 0.3) is 0 Å². The molecule has 0 aromatic carbocycles. The summed E-state index contributed by atoms with van der Waals surface area (Å²) in [4.78, 5) is 22.1. The third kappa shape index (κ3) is 2.57. The number of halogens is 8. The number of hydrogen-bond donors (Lipinski definition) is 0. The van der Waals surface area contributed by atoms with Crippen LogP contribution in [0.25, 0.3) is 0 Å². The molecule has 116 valence electrons. The number of carbonyl (C=O) groups is 2. The minimum absolute atomic E-state index is 0.0114. The van der Waals surface area contributed by atoms with E-state index in [4.69, 9.17) is 11.6 Å². The van der Waals surface area contributed by atoms with Gasteiger partial charge in [-0.05, 0) is 24.4 Å². The zero-order chi connectivity index (χ0) is 15.9. The van der Waals surface area contributed by atoms with E-state index >= 15 is 0 Å². The summed E-state index contributed by atoms with van der Waals surface area (Å²) < 4.78 is 87.5. The van der Waals surface area contributed by atoms with Gasteiger partial charge < -0.3 is 4.90 Å². The molecule has 1 unspecified atom stereocenters. The minimum atomic E-state index is -6.60. The van der Waals surface area contributed by atoms with Crippen LogP contribution in [-0.2, 0) is 9.59 Å². The molecule has 1 rings (SSSR count). The lowest BCUT2D eigenvalue weighted by molar-refractivity contribution is -0.345. The molecule has 1 heterocycles. The van der Waals surface area contributed by atoms with Gasteiger partial charge in [0.15, 0.2) is 0 Å². The number of rotatable bonds is 3. The molecular formula is C9H7ClF7NO2. The largest absolute Gasteiger partial charge is 0.460 e. The quantitative estimate of drug-likeness (QED) is 0.589. The first-order valence-electron chi connectivity index (χ1n) is 5.17. The Hall–Kier alpha value is -1.06. The van der Waals surface area contributed by atoms with Crippen LogP contribution < -0.4 is 0 Å². The van der Waals surface area contributed by atoms with Gasteiger partial charge in [-0.15, -0.1) is 0 Å². The monoisotopic (exact) mass is 329 g/mol. The van der Waals surface area contributed by atoms with Crippen molar-refractivity contribution in [3.63, 3.8) is 0 Å². The van der Waals surface area contributed by atoms with Gasteiger partial charge in [-0.2, -0.15) is 30.7 Å². The average molecular weight is 330 g/mol. The fraction of sp³-hybridized carbons (Fsp3) is 0.778. The molecule has 0 aliphatic carbocycles. The second-order valence-corrected chi connectivity index (χ2v) is 4.48. The van der Waals surface area contributed by atoms with E-state index in [1.165, 1.54) is 0 Å². The van der Waals surface area contributed by atoms with Crippen molar-refractivity contribution in [3.05, 3.63) is 0 Å². The van der Waals surface area contributed by atoms with Crippen molar-refractivity contribution < 1.29 is 40.3 Å². The molecule has 1 fully saturated rings. The van der Waals surface area contributed by atoms with Crippen LogP contribution in [0.2, 0.25) is 0 Å². The molecule has 20 heavy (non-hydrogen) atoms. The molecule has 1 amide bonds. The highest BCUT2D eigenvalue weighted by molar-refractivity contribution is 6.64. The van der Waals surface area contributed by atoms with E-state index in [1.807, 2.05) is 0 Å². The summed E-state index contributed by atoms with van der Waals surface area (Å²) in [7, 11) is 0. The minimum Gasteiger partial charge on any atom is -0.326 e. The average Bonchev–Trinajstić information content (AvgIpc) is 2.74. The highest BCUT2D eigenvalue weighted by Gasteiger charge is 2.77. The molecule has 11 heteroatoms. The molecule has 1 saturated heterocycles. The molecule has 0 N–H and O–H groups in total. The molecule has 0 radical (unpaired) electrons. The Labute approximate surface area is 112 Å². The highest BCUT2D eigenvalue weighted by Crippen LogP contribution is 2.47. The lowest BCUT2D eigenvalue weighted by atomic mass is 10.1. The number of nitrogens with zero attached hydrogens (tertiary/aromatic N) is 1. The van der Waals surface area contributed by atoms with Crippen LogP contribution in [-0.4, -0.2) is 46.7 Å². The fourth-order valence-electron chi connectivity index (χ4n) is 1.74. The normalized spacial score (nSPS) is 21.2. The summed E-state index contributed by atoms with van der Waals surface area (Å²) in [5.41, 5.74) is 0. The first kappa shape index (κ1) is 17.0. The van der Waals surface area contributed by atoms with Crippen LogP contribution in [0.5, 0.6) is 0 Å². The van der Waals surface area contributed by atoms with Crippen molar-refractivity contribution in [1.29, 1.82) is 0 Å². The lowest BCUT2D eigenvalue weighted by Crippen LogP contribution is -2.61. The van der Waals surface area contributed by atoms with Gasteiger partial charge in [-0.3, -0.25) is 9.59 Å². The van der Waals surface area contributed by atoms with Crippen LogP contribution in [0.15, 0.2) is 0 Å². The van der Waals surface area contributed by atoms with Crippen molar-refractivity contribution in [3.8, 4) is 0 Å². The molecule has 0 spiro atoms. The fourth-order valence-corrected chi connectivity index (χ4v) is 1.97. The molecule has 0 aromatic rings. The summed E-state index contributed by atoms with van der Waals surface area (Å²) in [5.74, 6) is -15.3. The third-order valence-electron chi connectivity index (χ3n) is 2.79. The highest BCUT2D eigenvalue weighted by atomic mass is 35.5. The second kappa shape index (κ2) is 5.05. The van der Waals surface area contributed by atoms with Crippen molar-refractivity contribution in [2.45, 2.75) is 36.9 Å². The van der Waals surface area contributed by atoms with Crippen molar-refractivity contribution >= 4 is 22.8 Å². The van der Waals surface area contributed by atoms with E-state index < -0.39 is 41.8 Å². The summed E-state index contributed by atoms with van der Waals surface area (Å²) in [6.07, 6.45) is -6.80. The van der Waals surface area contributed by atoms with E-state index in [0.29, 0.717) is 0 Å². The third-order valence-corrected chi connectivity index (χ3v) is 3.05. The molecule has 0 saturated carbocycles. The number of amides is 1. The summed E-state index contributed by atoms with van der Waals surface area (Å²) >= 11 is 4.99. The summed E-state index contributed by atoms with van der Waals surface area (Å²) in [6, 6.07) is -1.63. The van der Waals surface area contributed by atoms with Crippen LogP contribution in [0.3, 0.4) is 0 Å². The van der Waals surface area contributed by atoms with E-state index in [9.17, 15) is 40.3 Å². The number of carbonyl (C=O) groups excluding carboxylic acids is 2. The van der Waals surface area contributed by atoms with Crippen molar-refractivity contribution in [1.82, 2.24) is 4.90 Å². The Morgan fingerprint density at radius 1 is 1.05 bits per heavy atom. The van der Waals surface area contributed by atoms with E-state index in [0.717, 1.165) is 0 Å². The van der Waals surface area contributed by atoms with Crippen molar-refractivity contribution in [2.24, 2.45) is 0 Å². The maximum Gasteiger partial charge on any atom is 0.460 e. The maximum atomic E-state index is 13.2. The van der Waals surface area contributed by atoms with Gasteiger partial charge in [0.05, 0.1) is 0 Å².